The second-order valence-electron chi connectivity index (χ2n) is 5.03. The van der Waals surface area contributed by atoms with Crippen molar-refractivity contribution in [3.05, 3.63) is 11.8 Å². The van der Waals surface area contributed by atoms with Crippen molar-refractivity contribution in [2.45, 2.75) is 25.9 Å². The minimum Gasteiger partial charge on any atom is -0.466 e. The van der Waals surface area contributed by atoms with Crippen LogP contribution in [0.3, 0.4) is 0 Å². The van der Waals surface area contributed by atoms with E-state index in [2.05, 4.69) is 0 Å². The van der Waals surface area contributed by atoms with Crippen molar-refractivity contribution in [2.24, 2.45) is 17.8 Å². The van der Waals surface area contributed by atoms with Crippen molar-refractivity contribution in [1.82, 2.24) is 0 Å². The number of cyclic esters (lactones) is 1. The number of allylic oxidation sites excluding steroid dienone is 1. The maximum absolute atomic E-state index is 12.0. The normalized spacial score (nSPS) is 41.1. The first kappa shape index (κ1) is 11.7. The van der Waals surface area contributed by atoms with Gasteiger partial charge in [-0.1, -0.05) is 0 Å². The maximum atomic E-state index is 12.0. The molecule has 0 aromatic carbocycles. The lowest BCUT2D eigenvalue weighted by Crippen LogP contribution is -2.66. The molecule has 5 nitrogen and oxygen atoms in total. The zero-order valence-corrected chi connectivity index (χ0v) is 10.5. The van der Waals surface area contributed by atoms with E-state index in [-0.39, 0.29) is 17.9 Å². The standard InChI is InChI=1S/C13H16O5/c1-3-16-11(14)9-8-4-5-17-13(8)6-7(2)18-12(15)10(9)13/h6,8-10H,3-5H2,1-2H3/t8-,9+,10-,13-/m1/s1. The summed E-state index contributed by atoms with van der Waals surface area (Å²) in [6.45, 7) is 4.40. The zero-order chi connectivity index (χ0) is 12.9. The summed E-state index contributed by atoms with van der Waals surface area (Å²) in [5.74, 6) is -1.02. The van der Waals surface area contributed by atoms with Gasteiger partial charge in [-0.2, -0.15) is 0 Å². The van der Waals surface area contributed by atoms with E-state index in [1.165, 1.54) is 0 Å². The monoisotopic (exact) mass is 252 g/mol. The molecule has 1 aliphatic carbocycles. The molecule has 0 aromatic rings. The number of rotatable bonds is 2. The maximum Gasteiger partial charge on any atom is 0.318 e. The fourth-order valence-corrected chi connectivity index (χ4v) is 3.55. The molecule has 2 fully saturated rings. The van der Waals surface area contributed by atoms with E-state index in [9.17, 15) is 9.59 Å². The number of hydrogen-bond acceptors (Lipinski definition) is 5. The Labute approximate surface area is 105 Å². The topological polar surface area (TPSA) is 61.8 Å². The van der Waals surface area contributed by atoms with Gasteiger partial charge in [-0.05, 0) is 26.3 Å². The number of carbonyl (C=O) groups is 2. The molecule has 1 saturated heterocycles. The largest absolute Gasteiger partial charge is 0.466 e. The van der Waals surface area contributed by atoms with E-state index < -0.39 is 17.4 Å². The van der Waals surface area contributed by atoms with Gasteiger partial charge >= 0.3 is 11.9 Å². The Morgan fingerprint density at radius 3 is 3.11 bits per heavy atom. The Kier molecular flexibility index (Phi) is 2.48. The zero-order valence-electron chi connectivity index (χ0n) is 10.5. The molecule has 4 atom stereocenters. The van der Waals surface area contributed by atoms with Gasteiger partial charge in [0.15, 0.2) is 0 Å². The van der Waals surface area contributed by atoms with Crippen LogP contribution in [-0.4, -0.2) is 30.8 Å². The highest BCUT2D eigenvalue weighted by Crippen LogP contribution is 2.60. The van der Waals surface area contributed by atoms with E-state index in [1.807, 2.05) is 6.08 Å². The van der Waals surface area contributed by atoms with Crippen molar-refractivity contribution in [3.63, 3.8) is 0 Å². The van der Waals surface area contributed by atoms with Crippen LogP contribution < -0.4 is 0 Å². The predicted octanol–water partition coefficient (Wildman–Crippen LogP) is 1.03. The van der Waals surface area contributed by atoms with Gasteiger partial charge in [0, 0.05) is 12.5 Å². The van der Waals surface area contributed by atoms with E-state index in [0.717, 1.165) is 6.42 Å². The first-order chi connectivity index (χ1) is 8.60. The van der Waals surface area contributed by atoms with Crippen molar-refractivity contribution >= 4 is 11.9 Å². The second-order valence-corrected chi connectivity index (χ2v) is 5.03. The molecule has 2 heterocycles. The summed E-state index contributed by atoms with van der Waals surface area (Å²) in [4.78, 5) is 23.9. The lowest BCUT2D eigenvalue weighted by Gasteiger charge is -2.54. The molecule has 18 heavy (non-hydrogen) atoms. The Morgan fingerprint density at radius 1 is 1.61 bits per heavy atom. The number of esters is 2. The molecule has 98 valence electrons. The molecular weight excluding hydrogens is 236 g/mol. The highest BCUT2D eigenvalue weighted by atomic mass is 16.6. The van der Waals surface area contributed by atoms with Crippen molar-refractivity contribution in [1.29, 1.82) is 0 Å². The summed E-state index contributed by atoms with van der Waals surface area (Å²) in [5.41, 5.74) is -0.614. The summed E-state index contributed by atoms with van der Waals surface area (Å²) >= 11 is 0. The first-order valence-corrected chi connectivity index (χ1v) is 6.32. The minimum absolute atomic E-state index is 0.0457. The van der Waals surface area contributed by atoms with Crippen LogP contribution in [0.4, 0.5) is 0 Å². The molecule has 0 aromatic heterocycles. The average molecular weight is 252 g/mol. The van der Waals surface area contributed by atoms with Crippen LogP contribution in [0.25, 0.3) is 0 Å². The number of carbonyl (C=O) groups excluding carboxylic acids is 2. The van der Waals surface area contributed by atoms with Gasteiger partial charge in [0.2, 0.25) is 0 Å². The minimum atomic E-state index is -0.614. The lowest BCUT2D eigenvalue weighted by atomic mass is 9.52. The Hall–Kier alpha value is -1.36. The third-order valence-electron chi connectivity index (χ3n) is 4.14. The highest BCUT2D eigenvalue weighted by Gasteiger charge is 2.71. The fourth-order valence-electron chi connectivity index (χ4n) is 3.55. The van der Waals surface area contributed by atoms with Gasteiger partial charge in [-0.3, -0.25) is 9.59 Å². The predicted molar refractivity (Wildman–Crippen MR) is 60.3 cm³/mol. The van der Waals surface area contributed by atoms with Gasteiger partial charge in [-0.15, -0.1) is 0 Å². The fraction of sp³-hybridized carbons (Fsp3) is 0.692. The molecule has 3 aliphatic rings. The molecule has 0 unspecified atom stereocenters. The molecule has 3 rings (SSSR count). The summed E-state index contributed by atoms with van der Waals surface area (Å²) in [6, 6.07) is 0. The molecule has 0 amide bonds. The van der Waals surface area contributed by atoms with E-state index >= 15 is 0 Å². The van der Waals surface area contributed by atoms with E-state index in [4.69, 9.17) is 14.2 Å². The van der Waals surface area contributed by atoms with Gasteiger partial charge < -0.3 is 14.2 Å². The van der Waals surface area contributed by atoms with Crippen molar-refractivity contribution in [2.75, 3.05) is 13.2 Å². The summed E-state index contributed by atoms with van der Waals surface area (Å²) in [6.07, 6.45) is 2.64. The van der Waals surface area contributed by atoms with Crippen molar-refractivity contribution < 1.29 is 23.8 Å². The molecule has 2 aliphatic heterocycles. The van der Waals surface area contributed by atoms with Crippen LogP contribution in [0.1, 0.15) is 20.3 Å². The lowest BCUT2D eigenvalue weighted by molar-refractivity contribution is -0.205. The van der Waals surface area contributed by atoms with Crippen LogP contribution in [0, 0.1) is 17.8 Å². The van der Waals surface area contributed by atoms with Gasteiger partial charge in [0.1, 0.15) is 17.3 Å². The Balaban J connectivity index is 1.94. The molecule has 0 radical (unpaired) electrons. The summed E-state index contributed by atoms with van der Waals surface area (Å²) in [7, 11) is 0. The SMILES string of the molecule is CCOC(=O)[C@H]1[C@H]2CCO[C@]23C=C(C)OC(=O)[C@@H]13. The van der Waals surface area contributed by atoms with Gasteiger partial charge in [0.25, 0.3) is 0 Å². The number of ether oxygens (including phenoxy) is 3. The Bertz CT molecular complexity index is 441. The number of hydrogen-bond donors (Lipinski definition) is 0. The molecular formula is C13H16O5. The van der Waals surface area contributed by atoms with Crippen LogP contribution in [0.2, 0.25) is 0 Å². The third-order valence-corrected chi connectivity index (χ3v) is 4.14. The van der Waals surface area contributed by atoms with Gasteiger partial charge in [0.05, 0.1) is 12.5 Å². The molecule has 1 saturated carbocycles. The first-order valence-electron chi connectivity index (χ1n) is 6.32. The van der Waals surface area contributed by atoms with Crippen LogP contribution in [-0.2, 0) is 23.8 Å². The van der Waals surface area contributed by atoms with Gasteiger partial charge in [-0.25, -0.2) is 0 Å². The molecule has 5 heteroatoms. The quantitative estimate of drug-likeness (QED) is 0.687. The third kappa shape index (κ3) is 1.31. The summed E-state index contributed by atoms with van der Waals surface area (Å²) < 4.78 is 15.9. The Morgan fingerprint density at radius 2 is 2.39 bits per heavy atom. The second kappa shape index (κ2) is 3.82. The van der Waals surface area contributed by atoms with Crippen molar-refractivity contribution in [3.8, 4) is 0 Å². The van der Waals surface area contributed by atoms with Crippen LogP contribution in [0.5, 0.6) is 0 Å². The summed E-state index contributed by atoms with van der Waals surface area (Å²) in [5, 5.41) is 0. The average Bonchev–Trinajstić information content (AvgIpc) is 2.58. The molecule has 0 bridgehead atoms. The van der Waals surface area contributed by atoms with Crippen LogP contribution >= 0.6 is 0 Å². The molecule has 1 spiro atoms. The van der Waals surface area contributed by atoms with Crippen LogP contribution in [0.15, 0.2) is 11.8 Å². The highest BCUT2D eigenvalue weighted by molar-refractivity contribution is 5.88. The molecule has 0 N–H and O–H groups in total. The smallest absolute Gasteiger partial charge is 0.318 e. The van der Waals surface area contributed by atoms with E-state index in [1.54, 1.807) is 13.8 Å². The van der Waals surface area contributed by atoms with E-state index in [0.29, 0.717) is 19.0 Å².